The molecule has 0 unspecified atom stereocenters. The van der Waals surface area contributed by atoms with Gasteiger partial charge in [-0.15, -0.1) is 6.42 Å². The molecule has 1 aromatic rings. The Morgan fingerprint density at radius 2 is 1.86 bits per heavy atom. The van der Waals surface area contributed by atoms with E-state index in [9.17, 15) is 17.1 Å². The zero-order valence-electron chi connectivity index (χ0n) is 16.5. The van der Waals surface area contributed by atoms with Crippen molar-refractivity contribution in [2.75, 3.05) is 26.2 Å². The zero-order chi connectivity index (χ0) is 21.1. The van der Waals surface area contributed by atoms with E-state index in [2.05, 4.69) is 15.0 Å². The van der Waals surface area contributed by atoms with Crippen LogP contribution in [0, 0.1) is 19.3 Å². The number of carbonyl (C=O) groups excluding carboxylic acids is 1. The summed E-state index contributed by atoms with van der Waals surface area (Å²) in [5.74, 6) is 2.33. The minimum atomic E-state index is -5.15. The molecule has 2 rings (SSSR count). The van der Waals surface area contributed by atoms with Crippen molar-refractivity contribution >= 4 is 16.6 Å². The Hall–Kier alpha value is -2.31. The van der Waals surface area contributed by atoms with E-state index in [0.717, 1.165) is 0 Å². The van der Waals surface area contributed by atoms with Gasteiger partial charge in [-0.25, -0.2) is 4.79 Å². The van der Waals surface area contributed by atoms with Crippen molar-refractivity contribution in [3.63, 3.8) is 0 Å². The third-order valence-corrected chi connectivity index (χ3v) is 4.57. The zero-order valence-corrected chi connectivity index (χ0v) is 17.3. The second-order valence-corrected chi connectivity index (χ2v) is 8.58. The maximum Gasteiger partial charge on any atom is 0.488 e. The van der Waals surface area contributed by atoms with Crippen LogP contribution in [0.15, 0.2) is 12.1 Å². The number of terminal acetylenes is 1. The van der Waals surface area contributed by atoms with Crippen molar-refractivity contribution in [2.24, 2.45) is 0 Å². The lowest BCUT2D eigenvalue weighted by Gasteiger charge is -2.35. The van der Waals surface area contributed by atoms with Crippen LogP contribution >= 0.6 is 0 Å². The summed E-state index contributed by atoms with van der Waals surface area (Å²) in [4.78, 5) is 15.9. The van der Waals surface area contributed by atoms with E-state index >= 15 is 0 Å². The van der Waals surface area contributed by atoms with E-state index in [1.54, 1.807) is 17.9 Å². The number of rotatable bonds is 4. The van der Waals surface area contributed by atoms with Gasteiger partial charge in [0.15, 0.2) is 0 Å². The molecule has 1 aromatic carbocycles. The Kier molecular flexibility index (Phi) is 6.57. The van der Waals surface area contributed by atoms with Gasteiger partial charge in [-0.05, 0) is 45.4 Å². The average molecular weight is 412 g/mol. The summed E-state index contributed by atoms with van der Waals surface area (Å²) < 4.78 is 44.5. The molecule has 1 heterocycles. The number of carbonyl (C=O) groups is 1. The summed E-state index contributed by atoms with van der Waals surface area (Å²) in [6.45, 7) is 9.71. The molecule has 9 heteroatoms. The van der Waals surface area contributed by atoms with E-state index in [1.807, 2.05) is 20.8 Å². The predicted molar refractivity (Wildman–Crippen MR) is 103 cm³/mol. The highest BCUT2D eigenvalue weighted by atomic mass is 32.3. The fraction of sp³-hybridized carbons (Fsp3) is 0.526. The van der Waals surface area contributed by atoms with Gasteiger partial charge in [-0.1, -0.05) is 9.81 Å². The number of amides is 1. The van der Waals surface area contributed by atoms with Gasteiger partial charge in [-0.2, -0.15) is 8.42 Å². The molecule has 154 valence electrons. The van der Waals surface area contributed by atoms with Gasteiger partial charge in [0, 0.05) is 43.9 Å². The molecule has 0 N–H and O–H groups in total. The van der Waals surface area contributed by atoms with Gasteiger partial charge in [-0.3, -0.25) is 4.90 Å². The number of hydrogen-bond acceptors (Lipinski definition) is 6. The third-order valence-electron chi connectivity index (χ3n) is 4.19. The van der Waals surface area contributed by atoms with Gasteiger partial charge in [0.25, 0.3) is 0 Å². The minimum Gasteiger partial charge on any atom is -0.444 e. The number of halogens is 1. The summed E-state index contributed by atoms with van der Waals surface area (Å²) in [5, 5.41) is 0. The smallest absolute Gasteiger partial charge is 0.444 e. The van der Waals surface area contributed by atoms with Crippen LogP contribution in [-0.4, -0.2) is 56.1 Å². The summed E-state index contributed by atoms with van der Waals surface area (Å²) in [6.07, 6.45) is 5.12. The molecular formula is C19H25FN2O5S. The largest absolute Gasteiger partial charge is 0.488 e. The van der Waals surface area contributed by atoms with Gasteiger partial charge in [0.1, 0.15) is 11.4 Å². The molecule has 1 aliphatic heterocycles. The summed E-state index contributed by atoms with van der Waals surface area (Å²) in [5.41, 5.74) is 0.961. The van der Waals surface area contributed by atoms with Crippen LogP contribution in [0.25, 0.3) is 0 Å². The Bertz CT molecular complexity index is 879. The first-order valence-electron chi connectivity index (χ1n) is 8.82. The molecule has 1 amide bonds. The molecule has 0 saturated carbocycles. The SMILES string of the molecule is C#Cc1cc(CN2CCN(C(=O)OC(C)(C)C)CC2)cc(OS(=O)(=O)F)c1C. The molecule has 1 aliphatic rings. The summed E-state index contributed by atoms with van der Waals surface area (Å²) in [7, 11) is -5.15. The summed E-state index contributed by atoms with van der Waals surface area (Å²) >= 11 is 0. The van der Waals surface area contributed by atoms with Crippen LogP contribution in [0.2, 0.25) is 0 Å². The molecular weight excluding hydrogens is 387 g/mol. The van der Waals surface area contributed by atoms with E-state index in [0.29, 0.717) is 49.4 Å². The minimum absolute atomic E-state index is 0.125. The molecule has 0 aliphatic carbocycles. The van der Waals surface area contributed by atoms with Gasteiger partial charge < -0.3 is 13.8 Å². The standard InChI is InChI=1S/C19H25FN2O5S/c1-6-16-11-15(12-17(14(16)2)27-28(20,24)25)13-21-7-9-22(10-8-21)18(23)26-19(3,4)5/h1,11-12H,7-10,13H2,2-5H3. The highest BCUT2D eigenvalue weighted by Gasteiger charge is 2.26. The van der Waals surface area contributed by atoms with E-state index in [1.165, 1.54) is 6.07 Å². The number of ether oxygens (including phenoxy) is 1. The maximum absolute atomic E-state index is 13.0. The van der Waals surface area contributed by atoms with Gasteiger partial charge >= 0.3 is 16.6 Å². The van der Waals surface area contributed by atoms with Crippen molar-refractivity contribution in [1.29, 1.82) is 0 Å². The Labute approximate surface area is 165 Å². The van der Waals surface area contributed by atoms with E-state index < -0.39 is 16.1 Å². The molecule has 0 bridgehead atoms. The fourth-order valence-electron chi connectivity index (χ4n) is 2.85. The first-order chi connectivity index (χ1) is 12.9. The molecule has 1 fully saturated rings. The Balaban J connectivity index is 2.06. The van der Waals surface area contributed by atoms with E-state index in [-0.39, 0.29) is 11.8 Å². The highest BCUT2D eigenvalue weighted by Crippen LogP contribution is 2.26. The van der Waals surface area contributed by atoms with Crippen molar-refractivity contribution < 1.29 is 26.0 Å². The lowest BCUT2D eigenvalue weighted by Crippen LogP contribution is -2.49. The molecule has 28 heavy (non-hydrogen) atoms. The van der Waals surface area contributed by atoms with Crippen LogP contribution in [0.1, 0.15) is 37.5 Å². The Morgan fingerprint density at radius 3 is 2.36 bits per heavy atom. The van der Waals surface area contributed by atoms with Crippen LogP contribution in [-0.2, 0) is 21.8 Å². The second kappa shape index (κ2) is 8.37. The van der Waals surface area contributed by atoms with Crippen LogP contribution in [0.4, 0.5) is 8.68 Å². The molecule has 0 aromatic heterocycles. The normalized spacial score (nSPS) is 15.8. The quantitative estimate of drug-likeness (QED) is 0.559. The topological polar surface area (TPSA) is 76.2 Å². The molecule has 0 radical (unpaired) electrons. The predicted octanol–water partition coefficient (Wildman–Crippen LogP) is 2.62. The monoisotopic (exact) mass is 412 g/mol. The molecule has 7 nitrogen and oxygen atoms in total. The van der Waals surface area contributed by atoms with Gasteiger partial charge in [0.2, 0.25) is 0 Å². The average Bonchev–Trinajstić information content (AvgIpc) is 2.55. The summed E-state index contributed by atoms with van der Waals surface area (Å²) in [6, 6.07) is 3.21. The van der Waals surface area contributed by atoms with Crippen molar-refractivity contribution in [2.45, 2.75) is 39.8 Å². The van der Waals surface area contributed by atoms with Crippen molar-refractivity contribution in [1.82, 2.24) is 9.80 Å². The molecule has 0 spiro atoms. The van der Waals surface area contributed by atoms with Gasteiger partial charge in [0.05, 0.1) is 0 Å². The first kappa shape index (κ1) is 22.0. The number of benzene rings is 1. The lowest BCUT2D eigenvalue weighted by molar-refractivity contribution is 0.0139. The van der Waals surface area contributed by atoms with Crippen LogP contribution < -0.4 is 4.18 Å². The van der Waals surface area contributed by atoms with Crippen LogP contribution in [0.5, 0.6) is 5.75 Å². The van der Waals surface area contributed by atoms with Crippen molar-refractivity contribution in [3.8, 4) is 18.1 Å². The van der Waals surface area contributed by atoms with Crippen LogP contribution in [0.3, 0.4) is 0 Å². The number of hydrogen-bond donors (Lipinski definition) is 0. The first-order valence-corrected chi connectivity index (χ1v) is 10.1. The lowest BCUT2D eigenvalue weighted by atomic mass is 10.0. The second-order valence-electron chi connectivity index (χ2n) is 7.63. The number of nitrogens with zero attached hydrogens (tertiary/aromatic N) is 2. The maximum atomic E-state index is 13.0. The third kappa shape index (κ3) is 6.39. The van der Waals surface area contributed by atoms with Crippen molar-refractivity contribution in [3.05, 3.63) is 28.8 Å². The Morgan fingerprint density at radius 1 is 1.25 bits per heavy atom. The van der Waals surface area contributed by atoms with E-state index in [4.69, 9.17) is 11.2 Å². The highest BCUT2D eigenvalue weighted by molar-refractivity contribution is 7.81. The fourth-order valence-corrected chi connectivity index (χ4v) is 3.24. The molecule has 0 atom stereocenters. The number of piperazine rings is 1. The molecule has 1 saturated heterocycles.